The highest BCUT2D eigenvalue weighted by molar-refractivity contribution is 7.92. The maximum absolute atomic E-state index is 13.3. The minimum atomic E-state index is -3.80. The summed E-state index contributed by atoms with van der Waals surface area (Å²) in [5.74, 6) is 1.19. The van der Waals surface area contributed by atoms with Crippen molar-refractivity contribution < 1.29 is 17.9 Å². The fourth-order valence-electron chi connectivity index (χ4n) is 4.92. The van der Waals surface area contributed by atoms with Crippen molar-refractivity contribution in [3.63, 3.8) is 0 Å². The number of benzene rings is 2. The van der Waals surface area contributed by atoms with Crippen molar-refractivity contribution in [2.75, 3.05) is 25.0 Å². The van der Waals surface area contributed by atoms with Gasteiger partial charge in [-0.25, -0.2) is 8.42 Å². The van der Waals surface area contributed by atoms with Crippen molar-refractivity contribution in [3.05, 3.63) is 54.1 Å². The van der Waals surface area contributed by atoms with Crippen LogP contribution in [0.2, 0.25) is 0 Å². The van der Waals surface area contributed by atoms with Gasteiger partial charge in [-0.2, -0.15) is 0 Å². The molecule has 4 rings (SSSR count). The van der Waals surface area contributed by atoms with Gasteiger partial charge >= 0.3 is 0 Å². The van der Waals surface area contributed by atoms with E-state index in [1.54, 1.807) is 49.6 Å². The highest BCUT2D eigenvalue weighted by atomic mass is 32.2. The summed E-state index contributed by atoms with van der Waals surface area (Å²) in [6, 6.07) is 13.6. The molecule has 2 atom stereocenters. The largest absolute Gasteiger partial charge is 0.497 e. The average molecular weight is 443 g/mol. The van der Waals surface area contributed by atoms with Crippen molar-refractivity contribution in [2.24, 2.45) is 5.92 Å². The van der Waals surface area contributed by atoms with Gasteiger partial charge in [-0.3, -0.25) is 9.10 Å². The van der Waals surface area contributed by atoms with E-state index in [4.69, 9.17) is 4.74 Å². The number of amides is 1. The molecule has 6 nitrogen and oxygen atoms in total. The standard InChI is InChI=1S/C24H30N2O4S/c1-25(20-12-14-21(30-2)15-13-20)31(28,29)22-10-5-8-19(17-22)24(27)26-16-6-9-18-7-3-4-11-23(18)26/h5,8,10,12-15,17-18,23H,3-4,6-7,9,11,16H2,1-2H3. The fourth-order valence-corrected chi connectivity index (χ4v) is 6.16. The summed E-state index contributed by atoms with van der Waals surface area (Å²) < 4.78 is 32.8. The lowest BCUT2D eigenvalue weighted by atomic mass is 9.78. The van der Waals surface area contributed by atoms with E-state index < -0.39 is 10.0 Å². The molecule has 1 heterocycles. The lowest BCUT2D eigenvalue weighted by molar-refractivity contribution is 0.0390. The van der Waals surface area contributed by atoms with E-state index in [9.17, 15) is 13.2 Å². The number of nitrogens with zero attached hydrogens (tertiary/aromatic N) is 2. The molecule has 0 bridgehead atoms. The number of carbonyl (C=O) groups is 1. The number of piperidine rings is 1. The molecule has 2 aromatic rings. The van der Waals surface area contributed by atoms with Crippen molar-refractivity contribution >= 4 is 21.6 Å². The van der Waals surface area contributed by atoms with Crippen LogP contribution >= 0.6 is 0 Å². The number of ether oxygens (including phenoxy) is 1. The van der Waals surface area contributed by atoms with E-state index in [0.29, 0.717) is 22.9 Å². The Balaban J connectivity index is 1.58. The van der Waals surface area contributed by atoms with Gasteiger partial charge in [0.25, 0.3) is 15.9 Å². The zero-order valence-electron chi connectivity index (χ0n) is 18.2. The van der Waals surface area contributed by atoms with Gasteiger partial charge in [0.1, 0.15) is 5.75 Å². The first-order chi connectivity index (χ1) is 14.9. The summed E-state index contributed by atoms with van der Waals surface area (Å²) in [5, 5.41) is 0. The molecule has 2 aromatic carbocycles. The first kappa shape index (κ1) is 21.7. The van der Waals surface area contributed by atoms with Gasteiger partial charge in [0.05, 0.1) is 17.7 Å². The molecule has 2 unspecified atom stereocenters. The molecule has 0 spiro atoms. The van der Waals surface area contributed by atoms with Crippen LogP contribution in [0, 0.1) is 5.92 Å². The maximum Gasteiger partial charge on any atom is 0.264 e. The van der Waals surface area contributed by atoms with Crippen LogP contribution in [-0.2, 0) is 10.0 Å². The topological polar surface area (TPSA) is 66.9 Å². The normalized spacial score (nSPS) is 21.3. The van der Waals surface area contributed by atoms with Crippen molar-refractivity contribution in [1.82, 2.24) is 4.90 Å². The maximum atomic E-state index is 13.3. The molecule has 2 fully saturated rings. The predicted octanol–water partition coefficient (Wildman–Crippen LogP) is 4.32. The Bertz CT molecular complexity index is 1030. The van der Waals surface area contributed by atoms with Gasteiger partial charge in [-0.05, 0) is 74.1 Å². The number of hydrogen-bond donors (Lipinski definition) is 0. The van der Waals surface area contributed by atoms with E-state index in [0.717, 1.165) is 25.8 Å². The minimum absolute atomic E-state index is 0.0549. The van der Waals surface area contributed by atoms with Crippen LogP contribution in [0.15, 0.2) is 53.4 Å². The fraction of sp³-hybridized carbons (Fsp3) is 0.458. The van der Waals surface area contributed by atoms with Crippen molar-refractivity contribution in [1.29, 1.82) is 0 Å². The van der Waals surface area contributed by atoms with Crippen molar-refractivity contribution in [2.45, 2.75) is 49.5 Å². The highest BCUT2D eigenvalue weighted by Gasteiger charge is 2.36. The summed E-state index contributed by atoms with van der Waals surface area (Å²) in [5.41, 5.74) is 0.967. The smallest absolute Gasteiger partial charge is 0.264 e. The average Bonchev–Trinajstić information content (AvgIpc) is 2.83. The SMILES string of the molecule is COc1ccc(N(C)S(=O)(=O)c2cccc(C(=O)N3CCCC4CCCCC43)c2)cc1. The van der Waals surface area contributed by atoms with Crippen LogP contribution in [0.3, 0.4) is 0 Å². The number of carbonyl (C=O) groups excluding carboxylic acids is 1. The number of sulfonamides is 1. The van der Waals surface area contributed by atoms with Gasteiger partial charge in [-0.15, -0.1) is 0 Å². The highest BCUT2D eigenvalue weighted by Crippen LogP contribution is 2.36. The molecular weight excluding hydrogens is 412 g/mol. The summed E-state index contributed by atoms with van der Waals surface area (Å²) >= 11 is 0. The lowest BCUT2D eigenvalue weighted by Crippen LogP contribution is -2.49. The number of methoxy groups -OCH3 is 1. The van der Waals surface area contributed by atoms with Crippen LogP contribution in [-0.4, -0.2) is 46.0 Å². The van der Waals surface area contributed by atoms with E-state index in [1.165, 1.54) is 36.7 Å². The molecule has 1 amide bonds. The van der Waals surface area contributed by atoms with Gasteiger partial charge in [-0.1, -0.05) is 18.9 Å². The molecule has 0 radical (unpaired) electrons. The van der Waals surface area contributed by atoms with E-state index >= 15 is 0 Å². The van der Waals surface area contributed by atoms with E-state index in [1.807, 2.05) is 4.90 Å². The quantitative estimate of drug-likeness (QED) is 0.692. The first-order valence-electron chi connectivity index (χ1n) is 11.0. The Morgan fingerprint density at radius 3 is 2.48 bits per heavy atom. The van der Waals surface area contributed by atoms with E-state index in [-0.39, 0.29) is 16.8 Å². The van der Waals surface area contributed by atoms with Gasteiger partial charge in [0.15, 0.2) is 0 Å². The first-order valence-corrected chi connectivity index (χ1v) is 12.4. The zero-order chi connectivity index (χ0) is 22.0. The molecule has 1 aliphatic heterocycles. The van der Waals surface area contributed by atoms with Crippen LogP contribution < -0.4 is 9.04 Å². The second kappa shape index (κ2) is 8.91. The third-order valence-electron chi connectivity index (χ3n) is 6.68. The minimum Gasteiger partial charge on any atom is -0.497 e. The number of likely N-dealkylation sites (tertiary alicyclic amines) is 1. The van der Waals surface area contributed by atoms with Crippen LogP contribution in [0.1, 0.15) is 48.9 Å². The molecule has 0 N–H and O–H groups in total. The Labute approximate surface area is 184 Å². The predicted molar refractivity (Wildman–Crippen MR) is 121 cm³/mol. The third-order valence-corrected chi connectivity index (χ3v) is 8.46. The molecular formula is C24H30N2O4S. The lowest BCUT2D eigenvalue weighted by Gasteiger charge is -2.44. The number of rotatable bonds is 5. The molecule has 1 aliphatic carbocycles. The summed E-state index contributed by atoms with van der Waals surface area (Å²) in [7, 11) is -0.718. The Kier molecular flexibility index (Phi) is 6.23. The molecule has 1 saturated carbocycles. The summed E-state index contributed by atoms with van der Waals surface area (Å²) in [6.07, 6.45) is 6.85. The Hall–Kier alpha value is -2.54. The molecule has 31 heavy (non-hydrogen) atoms. The third kappa shape index (κ3) is 4.28. The molecule has 0 aromatic heterocycles. The van der Waals surface area contributed by atoms with Crippen LogP contribution in [0.5, 0.6) is 5.75 Å². The Morgan fingerprint density at radius 2 is 1.74 bits per heavy atom. The number of fused-ring (bicyclic) bond motifs is 1. The van der Waals surface area contributed by atoms with Gasteiger partial charge in [0.2, 0.25) is 0 Å². The number of hydrogen-bond acceptors (Lipinski definition) is 4. The Morgan fingerprint density at radius 1 is 1.03 bits per heavy atom. The molecule has 7 heteroatoms. The van der Waals surface area contributed by atoms with E-state index in [2.05, 4.69) is 0 Å². The zero-order valence-corrected chi connectivity index (χ0v) is 19.0. The second-order valence-corrected chi connectivity index (χ2v) is 10.4. The summed E-state index contributed by atoms with van der Waals surface area (Å²) in [4.78, 5) is 15.5. The van der Waals surface area contributed by atoms with Gasteiger partial charge in [0, 0.05) is 25.2 Å². The molecule has 166 valence electrons. The van der Waals surface area contributed by atoms with Crippen molar-refractivity contribution in [3.8, 4) is 5.75 Å². The van der Waals surface area contributed by atoms with Crippen LogP contribution in [0.4, 0.5) is 5.69 Å². The monoisotopic (exact) mass is 442 g/mol. The molecule has 2 aliphatic rings. The summed E-state index contributed by atoms with van der Waals surface area (Å²) in [6.45, 7) is 0.753. The number of anilines is 1. The van der Waals surface area contributed by atoms with Gasteiger partial charge < -0.3 is 9.64 Å². The molecule has 1 saturated heterocycles. The van der Waals surface area contributed by atoms with Crippen LogP contribution in [0.25, 0.3) is 0 Å². The second-order valence-electron chi connectivity index (χ2n) is 8.45.